The smallest absolute Gasteiger partial charge is 0.191 e. The molecule has 3 rings (SSSR count). The largest absolute Gasteiger partial charge is 0.354 e. The van der Waals surface area contributed by atoms with Crippen molar-refractivity contribution >= 4 is 17.3 Å². The minimum Gasteiger partial charge on any atom is -0.354 e. The molecule has 0 unspecified atom stereocenters. The molecule has 0 aromatic carbocycles. The van der Waals surface area contributed by atoms with Gasteiger partial charge in [-0.1, -0.05) is 6.07 Å². The van der Waals surface area contributed by atoms with Gasteiger partial charge in [-0.15, -0.1) is 11.3 Å². The van der Waals surface area contributed by atoms with Crippen molar-refractivity contribution < 1.29 is 0 Å². The highest BCUT2D eigenvalue weighted by Gasteiger charge is 2.20. The van der Waals surface area contributed by atoms with Crippen LogP contribution in [0.3, 0.4) is 0 Å². The molecule has 0 atom stereocenters. The monoisotopic (exact) mass is 372 g/mol. The molecule has 3 heterocycles. The summed E-state index contributed by atoms with van der Waals surface area (Å²) >= 11 is 1.75. The fourth-order valence-electron chi connectivity index (χ4n) is 3.12. The van der Waals surface area contributed by atoms with Gasteiger partial charge < -0.3 is 10.6 Å². The van der Waals surface area contributed by atoms with Gasteiger partial charge in [-0.05, 0) is 38.8 Å². The Balaban J connectivity index is 1.42. The van der Waals surface area contributed by atoms with E-state index in [1.165, 1.54) is 4.88 Å². The zero-order valence-electron chi connectivity index (χ0n) is 15.8. The maximum atomic E-state index is 4.57. The number of thiazole rings is 1. The molecule has 140 valence electrons. The number of aromatic nitrogens is 2. The van der Waals surface area contributed by atoms with Gasteiger partial charge in [0.2, 0.25) is 0 Å². The predicted molar refractivity (Wildman–Crippen MR) is 107 cm³/mol. The molecule has 1 saturated heterocycles. The summed E-state index contributed by atoms with van der Waals surface area (Å²) in [5, 5.41) is 8.05. The van der Waals surface area contributed by atoms with Crippen molar-refractivity contribution in [3.05, 3.63) is 45.7 Å². The first kappa shape index (κ1) is 18.8. The summed E-state index contributed by atoms with van der Waals surface area (Å²) in [4.78, 5) is 17.1. The van der Waals surface area contributed by atoms with Gasteiger partial charge in [0, 0.05) is 43.8 Å². The Hall–Kier alpha value is -1.99. The van der Waals surface area contributed by atoms with Gasteiger partial charge in [-0.2, -0.15) is 0 Å². The number of likely N-dealkylation sites (tertiary alicyclic amines) is 1. The number of nitrogens with one attached hydrogen (secondary N) is 2. The average Bonchev–Trinajstić information content (AvgIpc) is 2.98. The van der Waals surface area contributed by atoms with E-state index in [1.54, 1.807) is 11.3 Å². The summed E-state index contributed by atoms with van der Waals surface area (Å²) in [5.74, 6) is 0.860. The fourth-order valence-corrected chi connectivity index (χ4v) is 3.99. The van der Waals surface area contributed by atoms with E-state index < -0.39 is 0 Å². The Kier molecular flexibility index (Phi) is 6.57. The lowest BCUT2D eigenvalue weighted by Gasteiger charge is -2.32. The number of aliphatic imine (C=N–C) groups is 1. The summed E-state index contributed by atoms with van der Waals surface area (Å²) in [6.45, 7) is 7.98. The molecule has 0 radical (unpaired) electrons. The lowest BCUT2D eigenvalue weighted by Crippen LogP contribution is -2.48. The van der Waals surface area contributed by atoms with E-state index in [0.29, 0.717) is 6.04 Å². The van der Waals surface area contributed by atoms with E-state index in [2.05, 4.69) is 56.5 Å². The molecular weight excluding hydrogens is 344 g/mol. The number of aryl methyl sites for hydroxylation is 2. The minimum absolute atomic E-state index is 0.459. The maximum Gasteiger partial charge on any atom is 0.191 e. The first-order chi connectivity index (χ1) is 12.6. The third-order valence-electron chi connectivity index (χ3n) is 4.74. The van der Waals surface area contributed by atoms with Crippen LogP contribution in [-0.4, -0.2) is 47.0 Å². The second-order valence-corrected chi connectivity index (χ2v) is 7.98. The maximum absolute atomic E-state index is 4.57. The van der Waals surface area contributed by atoms with Crippen LogP contribution in [0.4, 0.5) is 0 Å². The van der Waals surface area contributed by atoms with Gasteiger partial charge in [0.1, 0.15) is 5.01 Å². The normalized spacial score (nSPS) is 16.7. The van der Waals surface area contributed by atoms with Crippen LogP contribution in [0.1, 0.15) is 34.1 Å². The number of hydrogen-bond donors (Lipinski definition) is 2. The summed E-state index contributed by atoms with van der Waals surface area (Å²) < 4.78 is 0. The van der Waals surface area contributed by atoms with Gasteiger partial charge in [0.15, 0.2) is 5.96 Å². The Morgan fingerprint density at radius 3 is 2.73 bits per heavy atom. The first-order valence-electron chi connectivity index (χ1n) is 9.16. The Bertz CT molecular complexity index is 699. The standard InChI is InChI=1S/C19H28N6S/c1-14-15(2)26-18(23-14)12-22-19(20-3)24-16-7-10-25(11-8-16)13-17-6-4-5-9-21-17/h4-6,9,16H,7-8,10-13H2,1-3H3,(H2,20,22,24). The number of guanidine groups is 1. The van der Waals surface area contributed by atoms with Gasteiger partial charge in [-0.3, -0.25) is 14.9 Å². The molecular formula is C19H28N6S. The SMILES string of the molecule is CN=C(NCc1nc(C)c(C)s1)NC1CCN(Cc2ccccn2)CC1. The summed E-state index contributed by atoms with van der Waals surface area (Å²) in [5.41, 5.74) is 2.26. The van der Waals surface area contributed by atoms with E-state index in [0.717, 1.165) is 61.4 Å². The van der Waals surface area contributed by atoms with E-state index in [9.17, 15) is 0 Å². The van der Waals surface area contributed by atoms with Gasteiger partial charge in [-0.25, -0.2) is 4.98 Å². The minimum atomic E-state index is 0.459. The molecule has 1 aliphatic heterocycles. The van der Waals surface area contributed by atoms with Crippen LogP contribution < -0.4 is 10.6 Å². The predicted octanol–water partition coefficient (Wildman–Crippen LogP) is 2.48. The molecule has 6 nitrogen and oxygen atoms in total. The van der Waals surface area contributed by atoms with E-state index >= 15 is 0 Å². The number of pyridine rings is 1. The van der Waals surface area contributed by atoms with Gasteiger partial charge in [0.05, 0.1) is 17.9 Å². The highest BCUT2D eigenvalue weighted by Crippen LogP contribution is 2.16. The summed E-state index contributed by atoms with van der Waals surface area (Å²) in [7, 11) is 1.82. The lowest BCUT2D eigenvalue weighted by atomic mass is 10.1. The number of hydrogen-bond acceptors (Lipinski definition) is 5. The van der Waals surface area contributed by atoms with Crippen molar-refractivity contribution in [1.29, 1.82) is 0 Å². The quantitative estimate of drug-likeness (QED) is 0.624. The Morgan fingerprint density at radius 1 is 1.31 bits per heavy atom. The molecule has 26 heavy (non-hydrogen) atoms. The molecule has 1 fully saturated rings. The highest BCUT2D eigenvalue weighted by molar-refractivity contribution is 7.11. The molecule has 2 aromatic rings. The van der Waals surface area contributed by atoms with Crippen LogP contribution in [0.5, 0.6) is 0 Å². The zero-order valence-corrected chi connectivity index (χ0v) is 16.6. The van der Waals surface area contributed by atoms with Crippen LogP contribution in [0, 0.1) is 13.8 Å². The molecule has 0 amide bonds. The Morgan fingerprint density at radius 2 is 2.12 bits per heavy atom. The van der Waals surface area contributed by atoms with E-state index in [4.69, 9.17) is 0 Å². The van der Waals surface area contributed by atoms with Crippen molar-refractivity contribution in [1.82, 2.24) is 25.5 Å². The van der Waals surface area contributed by atoms with Crippen LogP contribution in [-0.2, 0) is 13.1 Å². The molecule has 2 aromatic heterocycles. The van der Waals surface area contributed by atoms with Crippen molar-refractivity contribution in [2.45, 2.75) is 45.8 Å². The summed E-state index contributed by atoms with van der Waals surface area (Å²) in [6, 6.07) is 6.57. The van der Waals surface area contributed by atoms with E-state index in [-0.39, 0.29) is 0 Å². The average molecular weight is 373 g/mol. The van der Waals surface area contributed by atoms with Crippen molar-refractivity contribution in [2.24, 2.45) is 4.99 Å². The first-order valence-corrected chi connectivity index (χ1v) is 9.98. The van der Waals surface area contributed by atoms with Crippen LogP contribution in [0.15, 0.2) is 29.4 Å². The van der Waals surface area contributed by atoms with E-state index in [1.807, 2.05) is 19.3 Å². The molecule has 2 N–H and O–H groups in total. The lowest BCUT2D eigenvalue weighted by molar-refractivity contribution is 0.196. The zero-order chi connectivity index (χ0) is 18.4. The van der Waals surface area contributed by atoms with Gasteiger partial charge >= 0.3 is 0 Å². The number of rotatable bonds is 5. The molecule has 1 aliphatic rings. The number of nitrogens with zero attached hydrogens (tertiary/aromatic N) is 4. The van der Waals surface area contributed by atoms with Crippen molar-refractivity contribution in [3.8, 4) is 0 Å². The third kappa shape index (κ3) is 5.25. The molecule has 0 saturated carbocycles. The van der Waals surface area contributed by atoms with Crippen molar-refractivity contribution in [3.63, 3.8) is 0 Å². The van der Waals surface area contributed by atoms with Crippen molar-refractivity contribution in [2.75, 3.05) is 20.1 Å². The molecule has 0 spiro atoms. The number of piperidine rings is 1. The molecule has 7 heteroatoms. The van der Waals surface area contributed by atoms with Crippen LogP contribution in [0.2, 0.25) is 0 Å². The van der Waals surface area contributed by atoms with Gasteiger partial charge in [0.25, 0.3) is 0 Å². The second kappa shape index (κ2) is 9.09. The third-order valence-corrected chi connectivity index (χ3v) is 5.82. The highest BCUT2D eigenvalue weighted by atomic mass is 32.1. The van der Waals surface area contributed by atoms with Crippen LogP contribution >= 0.6 is 11.3 Å². The molecule has 0 bridgehead atoms. The second-order valence-electron chi connectivity index (χ2n) is 6.69. The fraction of sp³-hybridized carbons (Fsp3) is 0.526. The topological polar surface area (TPSA) is 65.4 Å². The molecule has 0 aliphatic carbocycles. The Labute approximate surface area is 159 Å². The summed E-state index contributed by atoms with van der Waals surface area (Å²) in [6.07, 6.45) is 4.09. The van der Waals surface area contributed by atoms with Crippen LogP contribution in [0.25, 0.3) is 0 Å².